The molecule has 0 aromatic heterocycles. The van der Waals surface area contributed by atoms with Crippen molar-refractivity contribution >= 4 is 21.5 Å². The van der Waals surface area contributed by atoms with E-state index in [0.29, 0.717) is 5.75 Å². The van der Waals surface area contributed by atoms with Gasteiger partial charge >= 0.3 is 0 Å². The summed E-state index contributed by atoms with van der Waals surface area (Å²) in [7, 11) is 0. The summed E-state index contributed by atoms with van der Waals surface area (Å²) in [6.07, 6.45) is 12.0. The number of aryl methyl sites for hydroxylation is 1. The van der Waals surface area contributed by atoms with Gasteiger partial charge in [0.2, 0.25) is 0 Å². The quantitative estimate of drug-likeness (QED) is 0.501. The van der Waals surface area contributed by atoms with Crippen molar-refractivity contribution in [3.63, 3.8) is 0 Å². The third kappa shape index (κ3) is 3.87. The number of aliphatic hydroxyl groups is 1. The van der Waals surface area contributed by atoms with Crippen molar-refractivity contribution in [3.8, 4) is 5.75 Å². The van der Waals surface area contributed by atoms with Crippen LogP contribution in [-0.2, 0) is 11.8 Å². The van der Waals surface area contributed by atoms with Crippen LogP contribution in [0.25, 0.3) is 5.57 Å². The number of halogens is 1. The second-order valence-corrected chi connectivity index (χ2v) is 10.9. The van der Waals surface area contributed by atoms with Gasteiger partial charge in [-0.2, -0.15) is 0 Å². The molecule has 3 heteroatoms. The van der Waals surface area contributed by atoms with E-state index in [-0.39, 0.29) is 12.0 Å². The van der Waals surface area contributed by atoms with Gasteiger partial charge in [0.1, 0.15) is 5.75 Å². The van der Waals surface area contributed by atoms with Crippen LogP contribution in [0.5, 0.6) is 5.75 Å². The molecule has 0 spiro atoms. The Morgan fingerprint density at radius 1 is 1.00 bits per heavy atom. The van der Waals surface area contributed by atoms with Gasteiger partial charge in [0.15, 0.2) is 0 Å². The molecule has 4 aliphatic rings. The first-order chi connectivity index (χ1) is 14.5. The predicted molar refractivity (Wildman–Crippen MR) is 125 cm³/mol. The molecule has 2 nitrogen and oxygen atoms in total. The monoisotopic (exact) mass is 466 g/mol. The number of allylic oxidation sites excluding steroid dienone is 1. The number of phenols is 1. The van der Waals surface area contributed by atoms with E-state index in [9.17, 15) is 10.2 Å². The molecule has 0 radical (unpaired) electrons. The van der Waals surface area contributed by atoms with Gasteiger partial charge in [0, 0.05) is 10.0 Å². The molecule has 158 valence electrons. The Morgan fingerprint density at radius 2 is 1.70 bits per heavy atom. The van der Waals surface area contributed by atoms with E-state index in [4.69, 9.17) is 0 Å². The van der Waals surface area contributed by atoms with Crippen LogP contribution in [-0.4, -0.2) is 16.8 Å². The van der Waals surface area contributed by atoms with Gasteiger partial charge in [-0.25, -0.2) is 0 Å². The molecule has 30 heavy (non-hydrogen) atoms. The van der Waals surface area contributed by atoms with Gasteiger partial charge in [-0.15, -0.1) is 0 Å². The minimum absolute atomic E-state index is 0.0462. The lowest BCUT2D eigenvalue weighted by Gasteiger charge is -2.57. The van der Waals surface area contributed by atoms with Crippen LogP contribution in [0.3, 0.4) is 0 Å². The van der Waals surface area contributed by atoms with Gasteiger partial charge in [0.25, 0.3) is 0 Å². The Hall–Kier alpha value is -1.58. The van der Waals surface area contributed by atoms with Crippen molar-refractivity contribution in [1.29, 1.82) is 0 Å². The molecule has 0 unspecified atom stereocenters. The van der Waals surface area contributed by atoms with E-state index < -0.39 is 0 Å². The second-order valence-electron chi connectivity index (χ2n) is 9.99. The third-order valence-corrected chi connectivity index (χ3v) is 8.35. The molecule has 4 saturated carbocycles. The number of hydrogen-bond donors (Lipinski definition) is 2. The van der Waals surface area contributed by atoms with Crippen LogP contribution in [0.2, 0.25) is 0 Å². The number of rotatable bonds is 6. The van der Waals surface area contributed by atoms with Crippen LogP contribution < -0.4 is 0 Å². The summed E-state index contributed by atoms with van der Waals surface area (Å²) in [6.45, 7) is 0.0462. The number of aromatic hydroxyl groups is 1. The van der Waals surface area contributed by atoms with Gasteiger partial charge in [0.05, 0.1) is 6.61 Å². The number of aliphatic hydroxyl groups excluding tert-OH is 1. The van der Waals surface area contributed by atoms with Crippen LogP contribution >= 0.6 is 15.9 Å². The number of hydrogen-bond acceptors (Lipinski definition) is 2. The zero-order chi connectivity index (χ0) is 20.7. The summed E-state index contributed by atoms with van der Waals surface area (Å²) in [5.41, 5.74) is 4.76. The minimum atomic E-state index is 0.0462. The topological polar surface area (TPSA) is 40.5 Å². The molecule has 2 N–H and O–H groups in total. The first kappa shape index (κ1) is 20.3. The highest BCUT2D eigenvalue weighted by atomic mass is 79.9. The average molecular weight is 467 g/mol. The van der Waals surface area contributed by atoms with E-state index in [2.05, 4.69) is 34.1 Å². The van der Waals surface area contributed by atoms with E-state index in [1.807, 2.05) is 30.3 Å². The van der Waals surface area contributed by atoms with Crippen LogP contribution in [0.15, 0.2) is 53.0 Å². The molecule has 2 aromatic carbocycles. The lowest BCUT2D eigenvalue weighted by molar-refractivity contribution is -0.00616. The Bertz CT molecular complexity index is 926. The average Bonchev–Trinajstić information content (AvgIpc) is 2.71. The number of phenolic OH excluding ortho intramolecular Hbond substituents is 1. The molecule has 0 atom stereocenters. The molecule has 0 saturated heterocycles. The maximum absolute atomic E-state index is 10.8. The highest BCUT2D eigenvalue weighted by Crippen LogP contribution is 2.61. The molecule has 0 amide bonds. The van der Waals surface area contributed by atoms with Crippen molar-refractivity contribution in [2.45, 2.75) is 56.8 Å². The molecule has 4 bridgehead atoms. The van der Waals surface area contributed by atoms with Gasteiger partial charge in [-0.1, -0.05) is 46.3 Å². The Morgan fingerprint density at radius 3 is 2.33 bits per heavy atom. The van der Waals surface area contributed by atoms with Crippen LogP contribution in [0.1, 0.15) is 61.6 Å². The Balaban J connectivity index is 1.34. The van der Waals surface area contributed by atoms with Crippen molar-refractivity contribution in [1.82, 2.24) is 0 Å². The minimum Gasteiger partial charge on any atom is -0.508 e. The Labute approximate surface area is 188 Å². The fourth-order valence-corrected chi connectivity index (χ4v) is 7.38. The molecule has 4 aliphatic carbocycles. The van der Waals surface area contributed by atoms with Crippen molar-refractivity contribution in [3.05, 3.63) is 69.7 Å². The van der Waals surface area contributed by atoms with Crippen LogP contribution in [0, 0.1) is 17.8 Å². The van der Waals surface area contributed by atoms with Crippen LogP contribution in [0.4, 0.5) is 0 Å². The lowest BCUT2D eigenvalue weighted by Crippen LogP contribution is -2.48. The molecule has 2 aromatic rings. The summed E-state index contributed by atoms with van der Waals surface area (Å²) in [4.78, 5) is 0. The van der Waals surface area contributed by atoms with Crippen molar-refractivity contribution in [2.24, 2.45) is 17.8 Å². The third-order valence-electron chi connectivity index (χ3n) is 7.86. The normalized spacial score (nSPS) is 30.1. The molecule has 4 fully saturated rings. The van der Waals surface area contributed by atoms with Gasteiger partial charge < -0.3 is 10.2 Å². The second kappa shape index (κ2) is 8.16. The first-order valence-electron chi connectivity index (χ1n) is 11.4. The molecular formula is C27H31BrO2. The summed E-state index contributed by atoms with van der Waals surface area (Å²) >= 11 is 3.51. The van der Waals surface area contributed by atoms with E-state index in [1.165, 1.54) is 49.7 Å². The zero-order valence-corrected chi connectivity index (χ0v) is 19.1. The molecule has 0 heterocycles. The number of benzene rings is 2. The summed E-state index contributed by atoms with van der Waals surface area (Å²) in [5, 5.41) is 20.6. The van der Waals surface area contributed by atoms with Crippen molar-refractivity contribution < 1.29 is 10.2 Å². The van der Waals surface area contributed by atoms with E-state index in [0.717, 1.165) is 46.2 Å². The zero-order valence-electron chi connectivity index (χ0n) is 17.5. The maximum atomic E-state index is 10.8. The van der Waals surface area contributed by atoms with E-state index in [1.54, 1.807) is 0 Å². The summed E-state index contributed by atoms with van der Waals surface area (Å²) < 4.78 is 1.03. The fraction of sp³-hybridized carbons (Fsp3) is 0.481. The van der Waals surface area contributed by atoms with Gasteiger partial charge in [-0.05, 0) is 109 Å². The summed E-state index contributed by atoms with van der Waals surface area (Å²) in [5.74, 6) is 3.13. The maximum Gasteiger partial charge on any atom is 0.119 e. The smallest absolute Gasteiger partial charge is 0.119 e. The van der Waals surface area contributed by atoms with Gasteiger partial charge in [-0.3, -0.25) is 0 Å². The predicted octanol–water partition coefficient (Wildman–Crippen LogP) is 6.63. The first-order valence-corrected chi connectivity index (χ1v) is 12.2. The summed E-state index contributed by atoms with van der Waals surface area (Å²) in [6, 6.07) is 14.4. The lowest BCUT2D eigenvalue weighted by atomic mass is 9.48. The molecule has 6 rings (SSSR count). The standard InChI is InChI=1S/C27H31BrO2/c28-24-6-2-4-22(13-24)23(17-29)5-1-3-18-7-8-26(30)25(12-18)27-14-19-9-20(15-27)11-21(10-19)16-27/h2,4-8,12-13,19-21,29-30H,1,3,9-11,14-17H2/b23-5+. The largest absolute Gasteiger partial charge is 0.508 e. The highest BCUT2D eigenvalue weighted by molar-refractivity contribution is 9.10. The Kier molecular flexibility index (Phi) is 5.53. The molecule has 0 aliphatic heterocycles. The SMILES string of the molecule is OC/C(=C\CCc1ccc(O)c(C23CC4CC(CC(C4)C2)C3)c1)c1cccc(Br)c1. The highest BCUT2D eigenvalue weighted by Gasteiger charge is 2.52. The fourth-order valence-electron chi connectivity index (χ4n) is 6.98. The van der Waals surface area contributed by atoms with E-state index >= 15 is 0 Å². The van der Waals surface area contributed by atoms with Crippen molar-refractivity contribution in [2.75, 3.05) is 6.61 Å². The molecular weight excluding hydrogens is 436 g/mol.